The lowest BCUT2D eigenvalue weighted by Gasteiger charge is -2.26. The molecule has 0 atom stereocenters. The Morgan fingerprint density at radius 3 is 3.11 bits per heavy atom. The second-order valence-corrected chi connectivity index (χ2v) is 4.55. The molecule has 0 bridgehead atoms. The number of hydrogen-bond donors (Lipinski definition) is 1. The van der Waals surface area contributed by atoms with Gasteiger partial charge in [-0.1, -0.05) is 12.2 Å². The van der Waals surface area contributed by atoms with Gasteiger partial charge in [0.1, 0.15) is 0 Å². The molecule has 0 fully saturated rings. The Balaban J connectivity index is 1.97. The molecule has 0 aromatic carbocycles. The molecule has 1 aliphatic rings. The summed E-state index contributed by atoms with van der Waals surface area (Å²) in [4.78, 5) is 12.9. The Kier molecular flexibility index (Phi) is 4.15. The maximum absolute atomic E-state index is 10.5. The fraction of sp³-hybridized carbons (Fsp3) is 0.538. The van der Waals surface area contributed by atoms with Crippen molar-refractivity contribution in [2.24, 2.45) is 0 Å². The summed E-state index contributed by atoms with van der Waals surface area (Å²) >= 11 is 0. The monoisotopic (exact) mass is 249 g/mol. The molecule has 0 radical (unpaired) electrons. The van der Waals surface area contributed by atoms with E-state index in [1.807, 2.05) is 17.7 Å². The SMILES string of the molecule is C/C=C/CN1CCn2nc(CCC(=O)O)cc2C1. The number of carboxylic acids is 1. The van der Waals surface area contributed by atoms with Crippen molar-refractivity contribution in [3.05, 3.63) is 29.6 Å². The van der Waals surface area contributed by atoms with Crippen LogP contribution >= 0.6 is 0 Å². The predicted octanol–water partition coefficient (Wildman–Crippen LogP) is 1.29. The van der Waals surface area contributed by atoms with Crippen LogP contribution in [-0.2, 0) is 24.3 Å². The zero-order chi connectivity index (χ0) is 13.0. The van der Waals surface area contributed by atoms with E-state index in [2.05, 4.69) is 22.2 Å². The van der Waals surface area contributed by atoms with Gasteiger partial charge in [-0.3, -0.25) is 14.4 Å². The molecule has 1 aromatic rings. The van der Waals surface area contributed by atoms with Crippen molar-refractivity contribution >= 4 is 5.97 Å². The minimum atomic E-state index is -0.768. The van der Waals surface area contributed by atoms with Gasteiger partial charge in [0.05, 0.1) is 24.4 Å². The van der Waals surface area contributed by atoms with Crippen molar-refractivity contribution in [3.63, 3.8) is 0 Å². The first-order chi connectivity index (χ1) is 8.69. The van der Waals surface area contributed by atoms with Crippen molar-refractivity contribution in [2.45, 2.75) is 32.9 Å². The highest BCUT2D eigenvalue weighted by Crippen LogP contribution is 2.14. The summed E-state index contributed by atoms with van der Waals surface area (Å²) in [5, 5.41) is 13.1. The van der Waals surface area contributed by atoms with E-state index in [0.717, 1.165) is 31.9 Å². The number of aliphatic carboxylic acids is 1. The molecule has 1 N–H and O–H groups in total. The van der Waals surface area contributed by atoms with Crippen molar-refractivity contribution in [2.75, 3.05) is 13.1 Å². The molecular formula is C13H19N3O2. The fourth-order valence-corrected chi connectivity index (χ4v) is 2.15. The summed E-state index contributed by atoms with van der Waals surface area (Å²) < 4.78 is 2.00. The first-order valence-corrected chi connectivity index (χ1v) is 6.30. The average Bonchev–Trinajstić information content (AvgIpc) is 2.75. The first kappa shape index (κ1) is 12.8. The molecule has 1 aromatic heterocycles. The van der Waals surface area contributed by atoms with Crippen molar-refractivity contribution in [1.29, 1.82) is 0 Å². The zero-order valence-electron chi connectivity index (χ0n) is 10.7. The Morgan fingerprint density at radius 1 is 1.56 bits per heavy atom. The molecule has 0 saturated carbocycles. The van der Waals surface area contributed by atoms with Crippen LogP contribution in [0.25, 0.3) is 0 Å². The Labute approximate surface area is 107 Å². The smallest absolute Gasteiger partial charge is 0.303 e. The molecule has 0 unspecified atom stereocenters. The lowest BCUT2D eigenvalue weighted by molar-refractivity contribution is -0.136. The highest BCUT2D eigenvalue weighted by molar-refractivity contribution is 5.66. The lowest BCUT2D eigenvalue weighted by Crippen LogP contribution is -2.33. The number of carboxylic acid groups (broad SMARTS) is 1. The fourth-order valence-electron chi connectivity index (χ4n) is 2.15. The zero-order valence-corrected chi connectivity index (χ0v) is 10.7. The van der Waals surface area contributed by atoms with E-state index in [1.54, 1.807) is 0 Å². The molecule has 0 aliphatic carbocycles. The van der Waals surface area contributed by atoms with Gasteiger partial charge in [-0.25, -0.2) is 0 Å². The minimum absolute atomic E-state index is 0.152. The number of carbonyl (C=O) groups is 1. The number of aromatic nitrogens is 2. The summed E-state index contributed by atoms with van der Waals surface area (Å²) in [6, 6.07) is 2.03. The third-order valence-electron chi connectivity index (χ3n) is 3.12. The van der Waals surface area contributed by atoms with Gasteiger partial charge in [-0.15, -0.1) is 0 Å². The van der Waals surface area contributed by atoms with Crippen LogP contribution in [0.4, 0.5) is 0 Å². The molecule has 0 spiro atoms. The second-order valence-electron chi connectivity index (χ2n) is 4.55. The normalized spacial score (nSPS) is 16.1. The highest BCUT2D eigenvalue weighted by atomic mass is 16.4. The summed E-state index contributed by atoms with van der Waals surface area (Å²) in [6.07, 6.45) is 4.88. The Hall–Kier alpha value is -1.62. The molecule has 1 aliphatic heterocycles. The van der Waals surface area contributed by atoms with Gasteiger partial charge in [0.25, 0.3) is 0 Å². The topological polar surface area (TPSA) is 58.4 Å². The second kappa shape index (κ2) is 5.82. The summed E-state index contributed by atoms with van der Waals surface area (Å²) in [5.41, 5.74) is 2.08. The third kappa shape index (κ3) is 3.20. The van der Waals surface area contributed by atoms with Gasteiger partial charge < -0.3 is 5.11 Å². The number of allylic oxidation sites excluding steroid dienone is 1. The number of nitrogens with zero attached hydrogens (tertiary/aromatic N) is 3. The molecule has 5 nitrogen and oxygen atoms in total. The quantitative estimate of drug-likeness (QED) is 0.799. The van der Waals surface area contributed by atoms with Gasteiger partial charge >= 0.3 is 5.97 Å². The summed E-state index contributed by atoms with van der Waals surface area (Å²) in [5.74, 6) is -0.768. The van der Waals surface area contributed by atoms with Crippen LogP contribution in [0.15, 0.2) is 18.2 Å². The van der Waals surface area contributed by atoms with E-state index in [0.29, 0.717) is 6.42 Å². The lowest BCUT2D eigenvalue weighted by atomic mass is 10.2. The van der Waals surface area contributed by atoms with Crippen LogP contribution in [0.3, 0.4) is 0 Å². The molecule has 18 heavy (non-hydrogen) atoms. The van der Waals surface area contributed by atoms with Gasteiger partial charge in [-0.05, 0) is 13.0 Å². The van der Waals surface area contributed by atoms with Crippen LogP contribution < -0.4 is 0 Å². The first-order valence-electron chi connectivity index (χ1n) is 6.30. The van der Waals surface area contributed by atoms with Gasteiger partial charge in [0, 0.05) is 26.1 Å². The van der Waals surface area contributed by atoms with Crippen molar-refractivity contribution < 1.29 is 9.90 Å². The number of rotatable bonds is 5. The minimum Gasteiger partial charge on any atom is -0.481 e. The molecule has 2 heterocycles. The maximum Gasteiger partial charge on any atom is 0.303 e. The van der Waals surface area contributed by atoms with E-state index in [1.165, 1.54) is 5.69 Å². The molecular weight excluding hydrogens is 230 g/mol. The number of aryl methyl sites for hydroxylation is 1. The summed E-state index contributed by atoms with van der Waals surface area (Å²) in [7, 11) is 0. The van der Waals surface area contributed by atoms with E-state index in [9.17, 15) is 4.79 Å². The van der Waals surface area contributed by atoms with Crippen molar-refractivity contribution in [3.8, 4) is 0 Å². The van der Waals surface area contributed by atoms with Gasteiger partial charge in [-0.2, -0.15) is 5.10 Å². The standard InChI is InChI=1S/C13H19N3O2/c1-2-3-6-15-7-8-16-12(10-15)9-11(14-16)4-5-13(17)18/h2-3,9H,4-8,10H2,1H3,(H,17,18)/b3-2+. The van der Waals surface area contributed by atoms with Crippen molar-refractivity contribution in [1.82, 2.24) is 14.7 Å². The van der Waals surface area contributed by atoms with Crippen LogP contribution in [0.1, 0.15) is 24.7 Å². The van der Waals surface area contributed by atoms with E-state index < -0.39 is 5.97 Å². The van der Waals surface area contributed by atoms with Gasteiger partial charge in [0.2, 0.25) is 0 Å². The number of hydrogen-bond acceptors (Lipinski definition) is 3. The average molecular weight is 249 g/mol. The van der Waals surface area contributed by atoms with Crippen LogP contribution in [0.2, 0.25) is 0 Å². The van der Waals surface area contributed by atoms with E-state index >= 15 is 0 Å². The van der Waals surface area contributed by atoms with Gasteiger partial charge in [0.15, 0.2) is 0 Å². The van der Waals surface area contributed by atoms with E-state index in [4.69, 9.17) is 5.11 Å². The third-order valence-corrected chi connectivity index (χ3v) is 3.12. The largest absolute Gasteiger partial charge is 0.481 e. The van der Waals surface area contributed by atoms with Crippen LogP contribution in [-0.4, -0.2) is 38.8 Å². The van der Waals surface area contributed by atoms with Crippen LogP contribution in [0.5, 0.6) is 0 Å². The van der Waals surface area contributed by atoms with E-state index in [-0.39, 0.29) is 6.42 Å². The molecule has 0 saturated heterocycles. The highest BCUT2D eigenvalue weighted by Gasteiger charge is 2.17. The molecule has 0 amide bonds. The Bertz CT molecular complexity index is 451. The molecule has 98 valence electrons. The Morgan fingerprint density at radius 2 is 2.39 bits per heavy atom. The predicted molar refractivity (Wildman–Crippen MR) is 68.3 cm³/mol. The van der Waals surface area contributed by atoms with Crippen LogP contribution in [0, 0.1) is 0 Å². The summed E-state index contributed by atoms with van der Waals surface area (Å²) in [6.45, 7) is 5.77. The number of fused-ring (bicyclic) bond motifs is 1. The molecule has 5 heteroatoms. The molecule has 2 rings (SSSR count). The maximum atomic E-state index is 10.5.